The van der Waals surface area contributed by atoms with Gasteiger partial charge in [0.05, 0.1) is 0 Å². The molecule has 0 aromatic rings. The van der Waals surface area contributed by atoms with Gasteiger partial charge in [0, 0.05) is 19.0 Å². The molecule has 0 spiro atoms. The second-order valence-corrected chi connectivity index (χ2v) is 6.52. The fourth-order valence-electron chi connectivity index (χ4n) is 3.28. The molecule has 0 aromatic carbocycles. The Hall–Kier alpha value is -0.570. The van der Waals surface area contributed by atoms with Crippen molar-refractivity contribution in [1.82, 2.24) is 5.32 Å². The van der Waals surface area contributed by atoms with Crippen molar-refractivity contribution in [2.24, 2.45) is 11.3 Å². The summed E-state index contributed by atoms with van der Waals surface area (Å²) in [6, 6.07) is 0.311. The van der Waals surface area contributed by atoms with Crippen molar-refractivity contribution in [1.29, 1.82) is 0 Å². The zero-order valence-electron chi connectivity index (χ0n) is 12.2. The molecule has 1 saturated carbocycles. The molecule has 106 valence electrons. The van der Waals surface area contributed by atoms with Crippen LogP contribution in [0.15, 0.2) is 0 Å². The lowest BCUT2D eigenvalue weighted by atomic mass is 9.78. The molecule has 1 rings (SSSR count). The standard InChI is InChI=1S/C15H29NO2/c1-12(2)10-15(8-4-5-9-15)11-16-13(3)6-7-14(17)18/h12-13,16H,4-11H2,1-3H3,(H,17,18). The lowest BCUT2D eigenvalue weighted by Crippen LogP contribution is -2.38. The molecule has 0 radical (unpaired) electrons. The van der Waals surface area contributed by atoms with Gasteiger partial charge < -0.3 is 10.4 Å². The Kier molecular flexibility index (Phi) is 6.13. The molecule has 1 atom stereocenters. The van der Waals surface area contributed by atoms with Gasteiger partial charge >= 0.3 is 5.97 Å². The Balaban J connectivity index is 2.35. The SMILES string of the molecule is CC(C)CC1(CNC(C)CCC(=O)O)CCCC1. The Morgan fingerprint density at radius 3 is 2.39 bits per heavy atom. The Bertz CT molecular complexity index is 257. The first kappa shape index (κ1) is 15.5. The lowest BCUT2D eigenvalue weighted by Gasteiger charge is -2.32. The number of carboxylic acid groups (broad SMARTS) is 1. The Labute approximate surface area is 111 Å². The highest BCUT2D eigenvalue weighted by Crippen LogP contribution is 2.42. The van der Waals surface area contributed by atoms with Gasteiger partial charge in [0.25, 0.3) is 0 Å². The molecule has 3 heteroatoms. The topological polar surface area (TPSA) is 49.3 Å². The quantitative estimate of drug-likeness (QED) is 0.698. The van der Waals surface area contributed by atoms with E-state index in [2.05, 4.69) is 26.1 Å². The number of carbonyl (C=O) groups is 1. The third-order valence-corrected chi connectivity index (χ3v) is 4.12. The first-order valence-corrected chi connectivity index (χ1v) is 7.39. The molecule has 18 heavy (non-hydrogen) atoms. The van der Waals surface area contributed by atoms with Gasteiger partial charge in [-0.05, 0) is 43.9 Å². The predicted molar refractivity (Wildman–Crippen MR) is 74.7 cm³/mol. The van der Waals surface area contributed by atoms with E-state index >= 15 is 0 Å². The van der Waals surface area contributed by atoms with E-state index in [0.717, 1.165) is 18.9 Å². The first-order chi connectivity index (χ1) is 8.43. The van der Waals surface area contributed by atoms with Crippen LogP contribution in [-0.4, -0.2) is 23.7 Å². The van der Waals surface area contributed by atoms with Gasteiger partial charge in [-0.1, -0.05) is 26.7 Å². The monoisotopic (exact) mass is 255 g/mol. The predicted octanol–water partition coefficient (Wildman–Crippen LogP) is 3.44. The van der Waals surface area contributed by atoms with Crippen LogP contribution in [0.2, 0.25) is 0 Å². The molecule has 0 saturated heterocycles. The van der Waals surface area contributed by atoms with Crippen LogP contribution in [0.4, 0.5) is 0 Å². The van der Waals surface area contributed by atoms with Crippen LogP contribution in [0.25, 0.3) is 0 Å². The van der Waals surface area contributed by atoms with Crippen LogP contribution < -0.4 is 5.32 Å². The molecule has 1 aliphatic carbocycles. The number of aliphatic carboxylic acids is 1. The Morgan fingerprint density at radius 2 is 1.89 bits per heavy atom. The van der Waals surface area contributed by atoms with E-state index in [0.29, 0.717) is 11.5 Å². The van der Waals surface area contributed by atoms with Gasteiger partial charge in [0.15, 0.2) is 0 Å². The maximum Gasteiger partial charge on any atom is 0.303 e. The summed E-state index contributed by atoms with van der Waals surface area (Å²) in [5.41, 5.74) is 0.478. The number of rotatable bonds is 8. The van der Waals surface area contributed by atoms with Crippen molar-refractivity contribution in [3.8, 4) is 0 Å². The minimum Gasteiger partial charge on any atom is -0.481 e. The number of hydrogen-bond acceptors (Lipinski definition) is 2. The molecular weight excluding hydrogens is 226 g/mol. The van der Waals surface area contributed by atoms with Gasteiger partial charge in [-0.25, -0.2) is 0 Å². The van der Waals surface area contributed by atoms with Crippen LogP contribution in [0, 0.1) is 11.3 Å². The van der Waals surface area contributed by atoms with Crippen molar-refractivity contribution in [3.63, 3.8) is 0 Å². The molecule has 1 aliphatic rings. The highest BCUT2D eigenvalue weighted by Gasteiger charge is 2.34. The molecule has 1 fully saturated rings. The summed E-state index contributed by atoms with van der Waals surface area (Å²) < 4.78 is 0. The number of carboxylic acids is 1. The fourth-order valence-corrected chi connectivity index (χ4v) is 3.28. The van der Waals surface area contributed by atoms with Crippen LogP contribution in [0.3, 0.4) is 0 Å². The van der Waals surface area contributed by atoms with Gasteiger partial charge in [-0.15, -0.1) is 0 Å². The highest BCUT2D eigenvalue weighted by atomic mass is 16.4. The maximum absolute atomic E-state index is 10.5. The highest BCUT2D eigenvalue weighted by molar-refractivity contribution is 5.66. The Morgan fingerprint density at radius 1 is 1.28 bits per heavy atom. The average Bonchev–Trinajstić information content (AvgIpc) is 2.71. The van der Waals surface area contributed by atoms with E-state index < -0.39 is 5.97 Å². The second kappa shape index (κ2) is 7.13. The van der Waals surface area contributed by atoms with Crippen molar-refractivity contribution < 1.29 is 9.90 Å². The van der Waals surface area contributed by atoms with Crippen molar-refractivity contribution in [2.75, 3.05) is 6.54 Å². The first-order valence-electron chi connectivity index (χ1n) is 7.39. The molecule has 1 unspecified atom stereocenters. The van der Waals surface area contributed by atoms with E-state index in [9.17, 15) is 4.79 Å². The summed E-state index contributed by atoms with van der Waals surface area (Å²) >= 11 is 0. The zero-order chi connectivity index (χ0) is 13.6. The largest absolute Gasteiger partial charge is 0.481 e. The summed E-state index contributed by atoms with van der Waals surface area (Å²) in [6.45, 7) is 7.76. The molecule has 0 aliphatic heterocycles. The van der Waals surface area contributed by atoms with Crippen LogP contribution in [0.5, 0.6) is 0 Å². The molecule has 2 N–H and O–H groups in total. The lowest BCUT2D eigenvalue weighted by molar-refractivity contribution is -0.137. The third-order valence-electron chi connectivity index (χ3n) is 4.12. The molecule has 0 heterocycles. The average molecular weight is 255 g/mol. The minimum absolute atomic E-state index is 0.269. The normalized spacial score (nSPS) is 20.2. The minimum atomic E-state index is -0.693. The van der Waals surface area contributed by atoms with Gasteiger partial charge in [0.1, 0.15) is 0 Å². The van der Waals surface area contributed by atoms with Gasteiger partial charge in [-0.3, -0.25) is 4.79 Å². The zero-order valence-corrected chi connectivity index (χ0v) is 12.2. The molecule has 3 nitrogen and oxygen atoms in total. The van der Waals surface area contributed by atoms with Crippen LogP contribution in [0.1, 0.15) is 65.7 Å². The summed E-state index contributed by atoms with van der Waals surface area (Å²) in [4.78, 5) is 10.5. The summed E-state index contributed by atoms with van der Waals surface area (Å²) in [6.07, 6.45) is 7.69. The third kappa shape index (κ3) is 5.38. The fraction of sp³-hybridized carbons (Fsp3) is 0.933. The number of nitrogens with one attached hydrogen (secondary N) is 1. The molecule has 0 bridgehead atoms. The van der Waals surface area contributed by atoms with Crippen molar-refractivity contribution in [2.45, 2.75) is 71.8 Å². The van der Waals surface area contributed by atoms with Crippen LogP contribution >= 0.6 is 0 Å². The van der Waals surface area contributed by atoms with Crippen LogP contribution in [-0.2, 0) is 4.79 Å². The van der Waals surface area contributed by atoms with E-state index in [4.69, 9.17) is 5.11 Å². The smallest absolute Gasteiger partial charge is 0.303 e. The summed E-state index contributed by atoms with van der Waals surface area (Å²) in [7, 11) is 0. The second-order valence-electron chi connectivity index (χ2n) is 6.52. The molecule has 0 aromatic heterocycles. The maximum atomic E-state index is 10.5. The number of hydrogen-bond donors (Lipinski definition) is 2. The summed E-state index contributed by atoms with van der Waals surface area (Å²) in [5.74, 6) is 0.0561. The van der Waals surface area contributed by atoms with Crippen molar-refractivity contribution >= 4 is 5.97 Å². The van der Waals surface area contributed by atoms with Gasteiger partial charge in [-0.2, -0.15) is 0 Å². The summed E-state index contributed by atoms with van der Waals surface area (Å²) in [5, 5.41) is 12.2. The van der Waals surface area contributed by atoms with E-state index in [1.165, 1.54) is 32.1 Å². The van der Waals surface area contributed by atoms with Gasteiger partial charge in [0.2, 0.25) is 0 Å². The van der Waals surface area contributed by atoms with Crippen molar-refractivity contribution in [3.05, 3.63) is 0 Å². The van der Waals surface area contributed by atoms with E-state index in [1.807, 2.05) is 0 Å². The molecule has 0 amide bonds. The van der Waals surface area contributed by atoms with E-state index in [1.54, 1.807) is 0 Å². The molecular formula is C15H29NO2. The van der Waals surface area contributed by atoms with E-state index in [-0.39, 0.29) is 6.42 Å².